The van der Waals surface area contributed by atoms with E-state index >= 15 is 0 Å². The summed E-state index contributed by atoms with van der Waals surface area (Å²) in [5.74, 6) is 1.08. The summed E-state index contributed by atoms with van der Waals surface area (Å²) in [4.78, 5) is 0. The van der Waals surface area contributed by atoms with E-state index < -0.39 is 0 Å². The highest BCUT2D eigenvalue weighted by Gasteiger charge is 2.30. The van der Waals surface area contributed by atoms with Crippen LogP contribution < -0.4 is 4.52 Å². The third-order valence-electron chi connectivity index (χ3n) is 5.98. The minimum absolute atomic E-state index is 0.0549. The Morgan fingerprint density at radius 1 is 0.625 bits per heavy atom. The lowest BCUT2D eigenvalue weighted by atomic mass is 9.75. The molecule has 178 valence electrons. The van der Waals surface area contributed by atoms with Gasteiger partial charge in [-0.25, -0.2) is 0 Å². The molecule has 0 aliphatic heterocycles. The molecule has 0 fully saturated rings. The largest absolute Gasteiger partial charge is 0.507 e. The van der Waals surface area contributed by atoms with Gasteiger partial charge >= 0.3 is 0 Å². The SMILES string of the molecule is CC(C)(C)c1cc(-c2cc(C(C)(C)C)cc(C(C)(C)C)c2OPCl)c(O)c(C(C)(C)C)c1. The van der Waals surface area contributed by atoms with E-state index in [1.54, 1.807) is 0 Å². The van der Waals surface area contributed by atoms with Crippen LogP contribution in [0.1, 0.15) is 105 Å². The van der Waals surface area contributed by atoms with Crippen LogP contribution in [0.5, 0.6) is 11.5 Å². The lowest BCUT2D eigenvalue weighted by molar-refractivity contribution is 0.446. The zero-order chi connectivity index (χ0) is 24.9. The predicted molar refractivity (Wildman–Crippen MR) is 143 cm³/mol. The molecule has 0 saturated heterocycles. The molecule has 2 nitrogen and oxygen atoms in total. The second kappa shape index (κ2) is 8.84. The molecule has 32 heavy (non-hydrogen) atoms. The Bertz CT molecular complexity index is 981. The van der Waals surface area contributed by atoms with Crippen molar-refractivity contribution in [2.75, 3.05) is 0 Å². The van der Waals surface area contributed by atoms with E-state index in [4.69, 9.17) is 15.8 Å². The zero-order valence-corrected chi connectivity index (χ0v) is 23.8. The molecule has 1 N–H and O–H groups in total. The molecule has 1 unspecified atom stereocenters. The number of halogens is 1. The van der Waals surface area contributed by atoms with Crippen molar-refractivity contribution in [3.8, 4) is 22.6 Å². The van der Waals surface area contributed by atoms with Crippen molar-refractivity contribution in [2.24, 2.45) is 0 Å². The van der Waals surface area contributed by atoms with Gasteiger partial charge in [0.1, 0.15) is 11.5 Å². The first-order valence-corrected chi connectivity index (χ1v) is 13.3. The molecule has 0 aliphatic carbocycles. The summed E-state index contributed by atoms with van der Waals surface area (Å²) in [6, 6.07) is 8.70. The van der Waals surface area contributed by atoms with Crippen molar-refractivity contribution in [1.82, 2.24) is 0 Å². The lowest BCUT2D eigenvalue weighted by Gasteiger charge is -2.31. The summed E-state index contributed by atoms with van der Waals surface area (Å²) in [6.07, 6.45) is 0. The van der Waals surface area contributed by atoms with Gasteiger partial charge in [0.25, 0.3) is 0 Å². The third kappa shape index (κ3) is 5.81. The molecule has 2 aromatic rings. The van der Waals surface area contributed by atoms with Gasteiger partial charge < -0.3 is 9.63 Å². The molecule has 0 amide bonds. The van der Waals surface area contributed by atoms with Gasteiger partial charge in [-0.2, -0.15) is 0 Å². The van der Waals surface area contributed by atoms with Crippen LogP contribution in [0.15, 0.2) is 24.3 Å². The number of hydrogen-bond donors (Lipinski definition) is 1. The molecule has 4 heteroatoms. The zero-order valence-electron chi connectivity index (χ0n) is 22.0. The van der Waals surface area contributed by atoms with E-state index in [2.05, 4.69) is 107 Å². The van der Waals surface area contributed by atoms with Gasteiger partial charge in [0.15, 0.2) is 8.16 Å². The molecule has 0 saturated carbocycles. The van der Waals surface area contributed by atoms with Crippen LogP contribution in [0.4, 0.5) is 0 Å². The molecule has 1 atom stereocenters. The molecule has 2 rings (SSSR count). The Hall–Kier alpha value is -1.24. The fraction of sp³-hybridized carbons (Fsp3) is 0.571. The molecule has 0 bridgehead atoms. The van der Waals surface area contributed by atoms with Crippen molar-refractivity contribution in [2.45, 2.75) is 105 Å². The highest BCUT2D eigenvalue weighted by molar-refractivity contribution is 7.64. The number of phenols is 1. The minimum atomic E-state index is -0.205. The van der Waals surface area contributed by atoms with Crippen LogP contribution >= 0.6 is 19.4 Å². The first-order chi connectivity index (χ1) is 14.3. The Labute approximate surface area is 202 Å². The number of rotatable bonds is 3. The average molecular weight is 477 g/mol. The van der Waals surface area contributed by atoms with E-state index in [1.807, 2.05) is 0 Å². The smallest absolute Gasteiger partial charge is 0.168 e. The second-order valence-corrected chi connectivity index (χ2v) is 13.8. The predicted octanol–water partition coefficient (Wildman–Crippen LogP) is 9.38. The highest BCUT2D eigenvalue weighted by Crippen LogP contribution is 2.50. The Kier molecular flexibility index (Phi) is 7.46. The van der Waals surface area contributed by atoms with Crippen molar-refractivity contribution in [1.29, 1.82) is 0 Å². The monoisotopic (exact) mass is 476 g/mol. The third-order valence-corrected chi connectivity index (χ3v) is 6.49. The first kappa shape index (κ1) is 27.0. The van der Waals surface area contributed by atoms with Crippen molar-refractivity contribution >= 4 is 19.4 Å². The number of benzene rings is 2. The van der Waals surface area contributed by atoms with Gasteiger partial charge in [-0.05, 0) is 44.9 Å². The van der Waals surface area contributed by atoms with Crippen molar-refractivity contribution < 1.29 is 9.63 Å². The fourth-order valence-electron chi connectivity index (χ4n) is 3.81. The van der Waals surface area contributed by atoms with E-state index in [1.165, 1.54) is 11.1 Å². The second-order valence-electron chi connectivity index (χ2n) is 13.0. The molecule has 0 radical (unpaired) electrons. The van der Waals surface area contributed by atoms with Crippen LogP contribution in [0, 0.1) is 0 Å². The van der Waals surface area contributed by atoms with Gasteiger partial charge in [-0.15, -0.1) is 0 Å². The highest BCUT2D eigenvalue weighted by atomic mass is 35.7. The number of phenolic OH excluding ortho intramolecular Hbond substituents is 1. The van der Waals surface area contributed by atoms with Gasteiger partial charge in [0.05, 0.1) is 0 Å². The molecule has 0 aliphatic rings. The number of aromatic hydroxyl groups is 1. The summed E-state index contributed by atoms with van der Waals surface area (Å²) < 4.78 is 6.10. The van der Waals surface area contributed by atoms with Gasteiger partial charge in [-0.1, -0.05) is 106 Å². The summed E-state index contributed by atoms with van der Waals surface area (Å²) in [5, 5.41) is 11.6. The van der Waals surface area contributed by atoms with E-state index in [0.29, 0.717) is 5.75 Å². The van der Waals surface area contributed by atoms with Crippen LogP contribution in [0.25, 0.3) is 11.1 Å². The molecule has 0 spiro atoms. The van der Waals surface area contributed by atoms with Crippen LogP contribution in [0.3, 0.4) is 0 Å². The van der Waals surface area contributed by atoms with Crippen LogP contribution in [0.2, 0.25) is 0 Å². The normalized spacial score (nSPS) is 13.8. The molecule has 2 aromatic carbocycles. The topological polar surface area (TPSA) is 29.5 Å². The van der Waals surface area contributed by atoms with Crippen LogP contribution in [-0.4, -0.2) is 5.11 Å². The summed E-state index contributed by atoms with van der Waals surface area (Å²) in [7, 11) is -0.205. The first-order valence-electron chi connectivity index (χ1n) is 11.4. The van der Waals surface area contributed by atoms with Gasteiger partial charge in [0.2, 0.25) is 0 Å². The van der Waals surface area contributed by atoms with Crippen LogP contribution in [-0.2, 0) is 21.7 Å². The average Bonchev–Trinajstić information content (AvgIpc) is 2.58. The maximum Gasteiger partial charge on any atom is 0.168 e. The lowest BCUT2D eigenvalue weighted by Crippen LogP contribution is -2.19. The minimum Gasteiger partial charge on any atom is -0.507 e. The van der Waals surface area contributed by atoms with Crippen molar-refractivity contribution in [3.63, 3.8) is 0 Å². The summed E-state index contributed by atoms with van der Waals surface area (Å²) in [5.41, 5.74) is 5.69. The fourth-order valence-corrected chi connectivity index (χ4v) is 4.34. The molecular weight excluding hydrogens is 435 g/mol. The Morgan fingerprint density at radius 3 is 1.41 bits per heavy atom. The summed E-state index contributed by atoms with van der Waals surface area (Å²) in [6.45, 7) is 26.3. The number of hydrogen-bond acceptors (Lipinski definition) is 2. The molecule has 0 aromatic heterocycles. The van der Waals surface area contributed by atoms with E-state index in [-0.39, 0.29) is 29.8 Å². The van der Waals surface area contributed by atoms with E-state index in [0.717, 1.165) is 28.0 Å². The Balaban J connectivity index is 3.10. The van der Waals surface area contributed by atoms with Crippen molar-refractivity contribution in [3.05, 3.63) is 46.5 Å². The molecule has 0 heterocycles. The Morgan fingerprint density at radius 2 is 1.03 bits per heavy atom. The maximum atomic E-state index is 11.6. The van der Waals surface area contributed by atoms with E-state index in [9.17, 15) is 5.11 Å². The quantitative estimate of drug-likeness (QED) is 0.447. The van der Waals surface area contributed by atoms with Gasteiger partial charge in [0, 0.05) is 22.3 Å². The summed E-state index contributed by atoms with van der Waals surface area (Å²) >= 11 is 6.14. The standard InChI is InChI=1S/C28H42ClO2P/c1-25(2,3)17-13-19(23(30)21(15-17)27(7,8)9)20-14-18(26(4,5)6)16-22(28(10,11)12)24(20)31-32-29/h13-16,30,32H,1-12H3. The molecular formula is C28H42ClO2P. The maximum absolute atomic E-state index is 11.6. The van der Waals surface area contributed by atoms with Gasteiger partial charge in [-0.3, -0.25) is 0 Å².